The van der Waals surface area contributed by atoms with Crippen LogP contribution >= 0.6 is 0 Å². The van der Waals surface area contributed by atoms with Crippen molar-refractivity contribution in [2.24, 2.45) is 0 Å². The summed E-state index contributed by atoms with van der Waals surface area (Å²) in [4.78, 5) is 14.8. The number of nitrogens with zero attached hydrogens (tertiary/aromatic N) is 2. The molecule has 7 nitrogen and oxygen atoms in total. The standard InChI is InChI=1S/C6H10N2O5/c1-4-6(2,8(10)11)5(12-3)13-7(4)9/h5H,1-3H3/t5?,6-/m0/s1. The van der Waals surface area contributed by atoms with Gasteiger partial charge in [-0.15, -0.1) is 0 Å². The lowest BCUT2D eigenvalue weighted by molar-refractivity contribution is -0.756. The molecule has 0 saturated heterocycles. The SMILES string of the molecule is COC1O[N+]([O-])=C(C)[C@]1(C)[N+](=O)[O-]. The van der Waals surface area contributed by atoms with Gasteiger partial charge in [0.1, 0.15) is 0 Å². The van der Waals surface area contributed by atoms with Crippen LogP contribution in [0.4, 0.5) is 0 Å². The highest BCUT2D eigenvalue weighted by Gasteiger charge is 2.60. The predicted molar refractivity (Wildman–Crippen MR) is 41.6 cm³/mol. The van der Waals surface area contributed by atoms with Gasteiger partial charge in [-0.3, -0.25) is 15.3 Å². The van der Waals surface area contributed by atoms with Gasteiger partial charge in [0.25, 0.3) is 5.71 Å². The number of ether oxygens (including phenoxy) is 1. The maximum absolute atomic E-state index is 10.9. The van der Waals surface area contributed by atoms with Gasteiger partial charge in [-0.25, -0.2) is 0 Å². The summed E-state index contributed by atoms with van der Waals surface area (Å²) in [6.07, 6.45) is -1.17. The summed E-state index contributed by atoms with van der Waals surface area (Å²) in [6, 6.07) is 0. The highest BCUT2D eigenvalue weighted by atomic mass is 16.9. The quantitative estimate of drug-likeness (QED) is 0.345. The van der Waals surface area contributed by atoms with Crippen LogP contribution in [0, 0.1) is 15.3 Å². The molecular formula is C6H10N2O5. The van der Waals surface area contributed by atoms with Gasteiger partial charge < -0.3 is 9.57 Å². The first-order chi connectivity index (χ1) is 5.94. The summed E-state index contributed by atoms with van der Waals surface area (Å²) in [7, 11) is 1.25. The molecule has 0 bridgehead atoms. The highest BCUT2D eigenvalue weighted by Crippen LogP contribution is 2.26. The number of hydrogen-bond donors (Lipinski definition) is 0. The average Bonchev–Trinajstić information content (AvgIpc) is 2.30. The first kappa shape index (κ1) is 9.72. The Balaban J connectivity index is 3.10. The zero-order valence-electron chi connectivity index (χ0n) is 7.51. The van der Waals surface area contributed by atoms with Crippen LogP contribution in [0.1, 0.15) is 13.8 Å². The second-order valence-electron chi connectivity index (χ2n) is 2.92. The molecule has 13 heavy (non-hydrogen) atoms. The minimum absolute atomic E-state index is 0.0237. The maximum Gasteiger partial charge on any atom is 0.343 e. The Morgan fingerprint density at radius 3 is 2.62 bits per heavy atom. The summed E-state index contributed by atoms with van der Waals surface area (Å²) < 4.78 is 4.70. The zero-order valence-corrected chi connectivity index (χ0v) is 7.51. The molecule has 0 aromatic carbocycles. The van der Waals surface area contributed by atoms with E-state index in [9.17, 15) is 15.3 Å². The monoisotopic (exact) mass is 190 g/mol. The van der Waals surface area contributed by atoms with Crippen LogP contribution < -0.4 is 0 Å². The fourth-order valence-corrected chi connectivity index (χ4v) is 1.11. The van der Waals surface area contributed by atoms with Crippen LogP contribution in [0.15, 0.2) is 0 Å². The first-order valence-corrected chi connectivity index (χ1v) is 3.60. The molecule has 0 saturated carbocycles. The van der Waals surface area contributed by atoms with Crippen LogP contribution in [0.3, 0.4) is 0 Å². The highest BCUT2D eigenvalue weighted by molar-refractivity contribution is 5.86. The average molecular weight is 190 g/mol. The molecule has 1 aliphatic heterocycles. The number of rotatable bonds is 2. The van der Waals surface area contributed by atoms with E-state index in [-0.39, 0.29) is 10.6 Å². The topological polar surface area (TPSA) is 87.7 Å². The van der Waals surface area contributed by atoms with Gasteiger partial charge in [-0.2, -0.15) is 0 Å². The summed E-state index contributed by atoms with van der Waals surface area (Å²) in [5.74, 6) is 0. The summed E-state index contributed by atoms with van der Waals surface area (Å²) in [6.45, 7) is 2.63. The molecule has 7 heteroatoms. The van der Waals surface area contributed by atoms with E-state index < -0.39 is 16.8 Å². The van der Waals surface area contributed by atoms with Crippen molar-refractivity contribution in [3.8, 4) is 0 Å². The minimum Gasteiger partial charge on any atom is -0.363 e. The molecule has 1 aliphatic rings. The lowest BCUT2D eigenvalue weighted by atomic mass is 9.98. The van der Waals surface area contributed by atoms with Crippen LogP contribution in [0.25, 0.3) is 0 Å². The number of methoxy groups -OCH3 is 1. The van der Waals surface area contributed by atoms with Gasteiger partial charge in [0.05, 0.1) is 0 Å². The van der Waals surface area contributed by atoms with Crippen molar-refractivity contribution >= 4 is 5.71 Å². The molecule has 2 atom stereocenters. The molecule has 1 unspecified atom stereocenters. The summed E-state index contributed by atoms with van der Waals surface area (Å²) in [5, 5.41) is 21.6. The molecule has 1 rings (SSSR count). The van der Waals surface area contributed by atoms with Gasteiger partial charge in [0, 0.05) is 30.8 Å². The Morgan fingerprint density at radius 1 is 1.77 bits per heavy atom. The fraction of sp³-hybridized carbons (Fsp3) is 0.833. The lowest BCUT2D eigenvalue weighted by Gasteiger charge is -2.18. The molecule has 0 fully saturated rings. The van der Waals surface area contributed by atoms with Crippen molar-refractivity contribution in [3.05, 3.63) is 15.3 Å². The third kappa shape index (κ3) is 1.12. The van der Waals surface area contributed by atoms with Gasteiger partial charge in [0.15, 0.2) is 0 Å². The molecule has 0 spiro atoms. The van der Waals surface area contributed by atoms with Crippen molar-refractivity contribution in [2.75, 3.05) is 7.11 Å². The largest absolute Gasteiger partial charge is 0.363 e. The molecule has 0 amide bonds. The zero-order chi connectivity index (χ0) is 10.2. The van der Waals surface area contributed by atoms with Crippen LogP contribution in [0.2, 0.25) is 0 Å². The third-order valence-electron chi connectivity index (χ3n) is 2.25. The van der Waals surface area contributed by atoms with E-state index in [1.165, 1.54) is 21.0 Å². The molecule has 0 radical (unpaired) electrons. The lowest BCUT2D eigenvalue weighted by Crippen LogP contribution is -2.50. The molecule has 0 aromatic rings. The van der Waals surface area contributed by atoms with Gasteiger partial charge in [0.2, 0.25) is 6.29 Å². The van der Waals surface area contributed by atoms with E-state index in [2.05, 4.69) is 4.84 Å². The van der Waals surface area contributed by atoms with Crippen molar-refractivity contribution in [1.29, 1.82) is 0 Å². The molecule has 0 aromatic heterocycles. The Kier molecular flexibility index (Phi) is 2.12. The Hall–Kier alpha value is -1.37. The smallest absolute Gasteiger partial charge is 0.343 e. The number of hydrogen-bond acceptors (Lipinski definition) is 5. The van der Waals surface area contributed by atoms with Crippen LogP contribution in [-0.4, -0.2) is 34.5 Å². The normalized spacial score (nSPS) is 33.3. The second kappa shape index (κ2) is 2.84. The summed E-state index contributed by atoms with van der Waals surface area (Å²) >= 11 is 0. The van der Waals surface area contributed by atoms with Crippen LogP contribution in [-0.2, 0) is 9.57 Å². The number of nitro groups is 1. The maximum atomic E-state index is 10.9. The molecule has 0 aliphatic carbocycles. The van der Waals surface area contributed by atoms with Crippen molar-refractivity contribution < 1.29 is 19.4 Å². The fourth-order valence-electron chi connectivity index (χ4n) is 1.11. The van der Waals surface area contributed by atoms with Gasteiger partial charge >= 0.3 is 5.54 Å². The Labute approximate surface area is 74.2 Å². The van der Waals surface area contributed by atoms with Crippen LogP contribution in [0.5, 0.6) is 0 Å². The molecule has 1 heterocycles. The predicted octanol–water partition coefficient (Wildman–Crippen LogP) is -0.0893. The molecule has 0 N–H and O–H groups in total. The Morgan fingerprint density at radius 2 is 2.31 bits per heavy atom. The third-order valence-corrected chi connectivity index (χ3v) is 2.25. The van der Waals surface area contributed by atoms with E-state index in [1.807, 2.05) is 0 Å². The van der Waals surface area contributed by atoms with E-state index in [0.717, 1.165) is 0 Å². The van der Waals surface area contributed by atoms with Crippen molar-refractivity contribution in [2.45, 2.75) is 25.7 Å². The second-order valence-corrected chi connectivity index (χ2v) is 2.92. The molecule has 74 valence electrons. The van der Waals surface area contributed by atoms with Gasteiger partial charge in [-0.1, -0.05) is 0 Å². The van der Waals surface area contributed by atoms with Gasteiger partial charge in [-0.05, 0) is 0 Å². The summed E-state index contributed by atoms with van der Waals surface area (Å²) in [5.41, 5.74) is -1.62. The first-order valence-electron chi connectivity index (χ1n) is 3.60. The minimum atomic E-state index is -1.60. The van der Waals surface area contributed by atoms with Crippen molar-refractivity contribution in [1.82, 2.24) is 0 Å². The van der Waals surface area contributed by atoms with E-state index in [4.69, 9.17) is 4.74 Å². The van der Waals surface area contributed by atoms with E-state index in [1.54, 1.807) is 0 Å². The molecular weight excluding hydrogens is 180 g/mol. The van der Waals surface area contributed by atoms with E-state index >= 15 is 0 Å². The Bertz CT molecular complexity index is 276. The van der Waals surface area contributed by atoms with E-state index in [0.29, 0.717) is 0 Å². The van der Waals surface area contributed by atoms with Crippen molar-refractivity contribution in [3.63, 3.8) is 0 Å².